The lowest BCUT2D eigenvalue weighted by Crippen LogP contribution is -2.49. The van der Waals surface area contributed by atoms with E-state index in [-0.39, 0.29) is 35.2 Å². The van der Waals surface area contributed by atoms with E-state index in [1.165, 1.54) is 5.56 Å². The summed E-state index contributed by atoms with van der Waals surface area (Å²) in [5, 5.41) is 0. The molecule has 1 atom stereocenters. The minimum absolute atomic E-state index is 0.0472. The van der Waals surface area contributed by atoms with Crippen molar-refractivity contribution in [2.45, 2.75) is 62.8 Å². The molecule has 0 N–H and O–H groups in total. The summed E-state index contributed by atoms with van der Waals surface area (Å²) in [6, 6.07) is 8.52. The van der Waals surface area contributed by atoms with Gasteiger partial charge in [-0.25, -0.2) is 0 Å². The summed E-state index contributed by atoms with van der Waals surface area (Å²) in [6.07, 6.45) is 7.78. The van der Waals surface area contributed by atoms with Crippen molar-refractivity contribution in [2.24, 2.45) is 5.41 Å². The summed E-state index contributed by atoms with van der Waals surface area (Å²) in [7, 11) is 1.95. The number of likely N-dealkylation sites (N-methyl/N-ethyl adjacent to an activating group) is 1. The maximum absolute atomic E-state index is 13.0. The minimum atomic E-state index is -0.265. The highest BCUT2D eigenvalue weighted by atomic mass is 79.9. The fraction of sp³-hybridized carbons (Fsp3) is 0.636. The predicted molar refractivity (Wildman–Crippen MR) is 108 cm³/mol. The highest BCUT2D eigenvalue weighted by molar-refractivity contribution is 9.10. The summed E-state index contributed by atoms with van der Waals surface area (Å²) in [4.78, 5) is 27.3. The number of ketones is 1. The number of hydrogen-bond donors (Lipinski definition) is 0. The van der Waals surface area contributed by atoms with E-state index in [2.05, 4.69) is 40.2 Å². The second-order valence-corrected chi connectivity index (χ2v) is 9.65. The van der Waals surface area contributed by atoms with Crippen LogP contribution < -0.4 is 0 Å². The van der Waals surface area contributed by atoms with Crippen LogP contribution in [0.5, 0.6) is 0 Å². The molecule has 4 aliphatic rings. The number of carbonyl (C=O) groups is 2. The van der Waals surface area contributed by atoms with E-state index < -0.39 is 0 Å². The molecule has 4 nitrogen and oxygen atoms in total. The number of esters is 1. The molecule has 146 valence electrons. The molecule has 1 unspecified atom stereocenters. The Morgan fingerprint density at radius 2 is 1.74 bits per heavy atom. The second kappa shape index (κ2) is 7.32. The second-order valence-electron chi connectivity index (χ2n) is 8.74. The largest absolute Gasteiger partial charge is 0.456 e. The first-order valence-corrected chi connectivity index (χ1v) is 10.9. The zero-order valence-electron chi connectivity index (χ0n) is 16.0. The molecule has 5 rings (SSSR count). The minimum Gasteiger partial charge on any atom is -0.456 e. The van der Waals surface area contributed by atoms with Gasteiger partial charge in [-0.15, -0.1) is 0 Å². The molecule has 1 aromatic rings. The first-order valence-electron chi connectivity index (χ1n) is 10.1. The summed E-state index contributed by atoms with van der Waals surface area (Å²) >= 11 is 3.51. The van der Waals surface area contributed by atoms with Crippen molar-refractivity contribution in [1.82, 2.24) is 4.90 Å². The Morgan fingerprint density at radius 1 is 1.11 bits per heavy atom. The summed E-state index contributed by atoms with van der Waals surface area (Å²) in [6.45, 7) is 0.879. The average molecular weight is 434 g/mol. The quantitative estimate of drug-likeness (QED) is 0.651. The van der Waals surface area contributed by atoms with Gasteiger partial charge in [0.15, 0.2) is 12.4 Å². The molecule has 5 heteroatoms. The lowest BCUT2D eigenvalue weighted by Gasteiger charge is -2.53. The molecule has 0 radical (unpaired) electrons. The number of likely N-dealkylation sites (tertiary alicyclic amines) is 1. The lowest BCUT2D eigenvalue weighted by molar-refractivity contribution is -0.156. The van der Waals surface area contributed by atoms with Crippen LogP contribution in [0.3, 0.4) is 0 Å². The average Bonchev–Trinajstić information content (AvgIpc) is 3.13. The van der Waals surface area contributed by atoms with Gasteiger partial charge in [0.1, 0.15) is 6.04 Å². The van der Waals surface area contributed by atoms with Crippen LogP contribution in [-0.2, 0) is 19.7 Å². The maximum Gasteiger partial charge on any atom is 0.323 e. The number of nitrogens with zero attached hydrogens (tertiary/aromatic N) is 1. The van der Waals surface area contributed by atoms with Crippen molar-refractivity contribution in [3.8, 4) is 0 Å². The van der Waals surface area contributed by atoms with Crippen molar-refractivity contribution in [3.05, 3.63) is 34.3 Å². The topological polar surface area (TPSA) is 46.6 Å². The van der Waals surface area contributed by atoms with Crippen LogP contribution in [0.25, 0.3) is 0 Å². The van der Waals surface area contributed by atoms with Gasteiger partial charge in [-0.2, -0.15) is 0 Å². The smallest absolute Gasteiger partial charge is 0.323 e. The number of Topliss-reactive ketones (excluding diaryl/α,β-unsaturated/α-hetero) is 1. The van der Waals surface area contributed by atoms with Crippen molar-refractivity contribution < 1.29 is 14.3 Å². The molecular formula is C22H28BrNO3. The molecule has 0 aromatic heterocycles. The summed E-state index contributed by atoms with van der Waals surface area (Å²) in [5.74, 6) is -0.0869. The standard InChI is InChI=1S/C22H28BrNO3/c1-24-14-2-3-18(24)20(26)27-15-19(25)22-11-8-21(9-12-22,10-13-22)16-4-6-17(23)7-5-16/h4-7,18H,2-3,8-15H2,1H3. The van der Waals surface area contributed by atoms with Gasteiger partial charge in [-0.3, -0.25) is 14.5 Å². The van der Waals surface area contributed by atoms with E-state index in [4.69, 9.17) is 4.74 Å². The predicted octanol–water partition coefficient (Wildman–Crippen LogP) is 4.25. The normalized spacial score (nSPS) is 33.2. The number of fused-ring (bicyclic) bond motifs is 3. The third-order valence-electron chi connectivity index (χ3n) is 7.43. The van der Waals surface area contributed by atoms with Crippen LogP contribution in [0.4, 0.5) is 0 Å². The van der Waals surface area contributed by atoms with E-state index >= 15 is 0 Å². The van der Waals surface area contributed by atoms with Crippen LogP contribution in [0.1, 0.15) is 56.9 Å². The Morgan fingerprint density at radius 3 is 2.30 bits per heavy atom. The molecule has 3 saturated carbocycles. The van der Waals surface area contributed by atoms with E-state index in [9.17, 15) is 9.59 Å². The number of hydrogen-bond acceptors (Lipinski definition) is 4. The molecule has 1 heterocycles. The number of halogens is 1. The van der Waals surface area contributed by atoms with E-state index in [0.717, 1.165) is 62.4 Å². The Hall–Kier alpha value is -1.20. The van der Waals surface area contributed by atoms with E-state index in [1.807, 2.05) is 11.9 Å². The van der Waals surface area contributed by atoms with Crippen molar-refractivity contribution >= 4 is 27.7 Å². The van der Waals surface area contributed by atoms with Gasteiger partial charge in [0.05, 0.1) is 0 Å². The molecule has 0 amide bonds. The van der Waals surface area contributed by atoms with Gasteiger partial charge >= 0.3 is 5.97 Å². The van der Waals surface area contributed by atoms with Crippen molar-refractivity contribution in [2.75, 3.05) is 20.2 Å². The Bertz CT molecular complexity index is 705. The molecule has 1 saturated heterocycles. The van der Waals surface area contributed by atoms with Crippen LogP contribution in [0.15, 0.2) is 28.7 Å². The third kappa shape index (κ3) is 3.49. The van der Waals surface area contributed by atoms with Gasteiger partial charge in [-0.1, -0.05) is 28.1 Å². The van der Waals surface area contributed by atoms with Gasteiger partial charge in [0.2, 0.25) is 0 Å². The molecule has 2 bridgehead atoms. The molecular weight excluding hydrogens is 406 g/mol. The molecule has 3 aliphatic carbocycles. The molecule has 1 aromatic carbocycles. The van der Waals surface area contributed by atoms with E-state index in [1.54, 1.807) is 0 Å². The van der Waals surface area contributed by atoms with Crippen molar-refractivity contribution in [3.63, 3.8) is 0 Å². The molecule has 1 aliphatic heterocycles. The van der Waals surface area contributed by atoms with Crippen molar-refractivity contribution in [1.29, 1.82) is 0 Å². The lowest BCUT2D eigenvalue weighted by atomic mass is 9.51. The van der Waals surface area contributed by atoms with Crippen LogP contribution in [0.2, 0.25) is 0 Å². The highest BCUT2D eigenvalue weighted by Crippen LogP contribution is 2.58. The zero-order valence-corrected chi connectivity index (χ0v) is 17.6. The molecule has 4 fully saturated rings. The van der Waals surface area contributed by atoms with Gasteiger partial charge in [-0.05, 0) is 88.1 Å². The first-order chi connectivity index (χ1) is 12.9. The first kappa shape index (κ1) is 19.1. The Kier molecular flexibility index (Phi) is 5.19. The fourth-order valence-corrected chi connectivity index (χ4v) is 5.70. The monoisotopic (exact) mass is 433 g/mol. The number of carbonyl (C=O) groups excluding carboxylic acids is 2. The zero-order chi connectivity index (χ0) is 19.1. The molecule has 0 spiro atoms. The van der Waals surface area contributed by atoms with Crippen LogP contribution >= 0.6 is 15.9 Å². The van der Waals surface area contributed by atoms with Crippen LogP contribution in [0, 0.1) is 5.41 Å². The fourth-order valence-electron chi connectivity index (χ4n) is 5.43. The summed E-state index contributed by atoms with van der Waals surface area (Å²) in [5.41, 5.74) is 1.37. The van der Waals surface area contributed by atoms with E-state index in [0.29, 0.717) is 0 Å². The Balaban J connectivity index is 1.36. The SMILES string of the molecule is CN1CCCC1C(=O)OCC(=O)C12CCC(c3ccc(Br)cc3)(CC1)CC2. The Labute approximate surface area is 169 Å². The maximum atomic E-state index is 13.0. The summed E-state index contributed by atoms with van der Waals surface area (Å²) < 4.78 is 6.55. The van der Waals surface area contributed by atoms with Gasteiger partial charge in [0.25, 0.3) is 0 Å². The highest BCUT2D eigenvalue weighted by Gasteiger charge is 2.52. The third-order valence-corrected chi connectivity index (χ3v) is 7.96. The number of rotatable bonds is 5. The van der Waals surface area contributed by atoms with Gasteiger partial charge < -0.3 is 4.74 Å². The number of ether oxygens (including phenoxy) is 1. The number of benzene rings is 1. The van der Waals surface area contributed by atoms with Gasteiger partial charge in [0, 0.05) is 9.89 Å². The van der Waals surface area contributed by atoms with Crippen LogP contribution in [-0.4, -0.2) is 42.9 Å². The molecule has 27 heavy (non-hydrogen) atoms.